The lowest BCUT2D eigenvalue weighted by molar-refractivity contribution is -0.131. The Morgan fingerprint density at radius 1 is 1.29 bits per heavy atom. The predicted molar refractivity (Wildman–Crippen MR) is 170 cm³/mol. The first-order valence-electron chi connectivity index (χ1n) is 15.6. The number of fused-ring (bicyclic) bond motifs is 2. The third-order valence-corrected chi connectivity index (χ3v) is 9.75. The summed E-state index contributed by atoms with van der Waals surface area (Å²) >= 11 is 0. The summed E-state index contributed by atoms with van der Waals surface area (Å²) in [6.07, 6.45) is 5.73. The molecule has 1 saturated heterocycles. The standard InChI is InChI=1S/C35H51N5O2/c1-21(2)15-27-12-13-28-16-23(5)11-14-31(28)35(26(27)8,34(37-9)40(42-10)22(3)4)18-24(6)38-20-32(41)39-29(19-36)17-30-25(7)33(30)39/h11,14-16,22,24-25,29-30,33,38H,12-13,17-18,20H2,1-10H3/t24-,25?,29?,30?,33?,35?/m1/s1. The van der Waals surface area contributed by atoms with Gasteiger partial charge in [-0.3, -0.25) is 14.6 Å². The van der Waals surface area contributed by atoms with E-state index < -0.39 is 5.41 Å². The van der Waals surface area contributed by atoms with Crippen molar-refractivity contribution in [1.29, 1.82) is 5.26 Å². The fraction of sp³-hybridized carbons (Fsp3) is 0.629. The van der Waals surface area contributed by atoms with Gasteiger partial charge in [-0.05, 0) is 103 Å². The monoisotopic (exact) mass is 573 g/mol. The third-order valence-electron chi connectivity index (χ3n) is 9.75. The number of carbonyl (C=O) groups is 1. The second kappa shape index (κ2) is 12.7. The van der Waals surface area contributed by atoms with Gasteiger partial charge in [-0.25, -0.2) is 5.06 Å². The Balaban J connectivity index is 1.78. The van der Waals surface area contributed by atoms with E-state index in [0.717, 1.165) is 25.1 Å². The van der Waals surface area contributed by atoms with E-state index in [4.69, 9.17) is 9.83 Å². The number of aliphatic imine (C=N–C) groups is 1. The van der Waals surface area contributed by atoms with Gasteiger partial charge in [0, 0.05) is 19.1 Å². The van der Waals surface area contributed by atoms with Gasteiger partial charge in [0.2, 0.25) is 5.91 Å². The number of aryl methyl sites for hydroxylation is 2. The largest absolute Gasteiger partial charge is 0.322 e. The fourth-order valence-corrected chi connectivity index (χ4v) is 7.72. The topological polar surface area (TPSA) is 81.0 Å². The molecular weight excluding hydrogens is 522 g/mol. The number of amidine groups is 1. The summed E-state index contributed by atoms with van der Waals surface area (Å²) in [5.74, 6) is 1.87. The molecule has 0 bridgehead atoms. The fourth-order valence-electron chi connectivity index (χ4n) is 7.72. The first kappa shape index (κ1) is 32.0. The number of nitrogens with zero attached hydrogens (tertiary/aromatic N) is 4. The van der Waals surface area contributed by atoms with Crippen LogP contribution < -0.4 is 5.32 Å². The molecule has 5 unspecified atom stereocenters. The Morgan fingerprint density at radius 3 is 2.60 bits per heavy atom. The molecule has 4 rings (SSSR count). The number of hydrogen-bond acceptors (Lipinski definition) is 5. The first-order chi connectivity index (χ1) is 19.9. The molecule has 1 N–H and O–H groups in total. The summed E-state index contributed by atoms with van der Waals surface area (Å²) in [7, 11) is 3.58. The number of rotatable bonds is 9. The van der Waals surface area contributed by atoms with Gasteiger partial charge < -0.3 is 10.2 Å². The minimum Gasteiger partial charge on any atom is -0.322 e. The van der Waals surface area contributed by atoms with Crippen LogP contribution in [0.15, 0.2) is 46.0 Å². The number of nitriles is 1. The molecule has 0 radical (unpaired) electrons. The number of likely N-dealkylation sites (tertiary alicyclic amines) is 1. The van der Waals surface area contributed by atoms with Crippen molar-refractivity contribution in [1.82, 2.24) is 15.3 Å². The van der Waals surface area contributed by atoms with Gasteiger partial charge in [-0.15, -0.1) is 0 Å². The van der Waals surface area contributed by atoms with E-state index in [-0.39, 0.29) is 36.6 Å². The second-order valence-corrected chi connectivity index (χ2v) is 13.3. The molecule has 2 fully saturated rings. The van der Waals surface area contributed by atoms with Gasteiger partial charge in [-0.1, -0.05) is 47.9 Å². The molecule has 1 aliphatic heterocycles. The number of nitrogens with one attached hydrogen (secondary N) is 1. The highest BCUT2D eigenvalue weighted by Gasteiger charge is 2.60. The maximum absolute atomic E-state index is 13.5. The Morgan fingerprint density at radius 2 is 2.00 bits per heavy atom. The van der Waals surface area contributed by atoms with E-state index >= 15 is 0 Å². The SMILES string of the molecule is CN=C(N(OC)C(C)C)C1(C[C@@H](C)NCC(=O)N2C(C#N)CC3C(C)C32)C(C)=C(C=C(C)C)CCc2cc(C)ccc21. The summed E-state index contributed by atoms with van der Waals surface area (Å²) in [5.41, 5.74) is 7.12. The molecule has 1 amide bonds. The average Bonchev–Trinajstić information content (AvgIpc) is 3.41. The molecule has 42 heavy (non-hydrogen) atoms. The van der Waals surface area contributed by atoms with Crippen molar-refractivity contribution in [2.45, 2.75) is 111 Å². The minimum atomic E-state index is -0.579. The van der Waals surface area contributed by atoms with Crippen LogP contribution in [0.3, 0.4) is 0 Å². The highest BCUT2D eigenvalue weighted by Crippen LogP contribution is 2.53. The molecule has 7 heteroatoms. The van der Waals surface area contributed by atoms with Crippen LogP contribution in [-0.4, -0.2) is 66.6 Å². The highest BCUT2D eigenvalue weighted by molar-refractivity contribution is 5.97. The van der Waals surface area contributed by atoms with Gasteiger partial charge in [-0.2, -0.15) is 5.26 Å². The Bertz CT molecular complexity index is 1320. The van der Waals surface area contributed by atoms with E-state index in [9.17, 15) is 10.1 Å². The Hall–Kier alpha value is -2.95. The molecule has 6 atom stereocenters. The van der Waals surface area contributed by atoms with Crippen molar-refractivity contribution in [2.75, 3.05) is 20.7 Å². The molecule has 1 saturated carbocycles. The summed E-state index contributed by atoms with van der Waals surface area (Å²) in [4.78, 5) is 26.4. The lowest BCUT2D eigenvalue weighted by atomic mass is 9.67. The molecular formula is C35H51N5O2. The van der Waals surface area contributed by atoms with Gasteiger partial charge in [0.1, 0.15) is 11.9 Å². The summed E-state index contributed by atoms with van der Waals surface area (Å²) in [5, 5.41) is 15.2. The van der Waals surface area contributed by atoms with Crippen LogP contribution >= 0.6 is 0 Å². The quantitative estimate of drug-likeness (QED) is 0.226. The molecule has 0 aromatic heterocycles. The zero-order valence-corrected chi connectivity index (χ0v) is 27.4. The van der Waals surface area contributed by atoms with E-state index in [2.05, 4.69) is 91.1 Å². The maximum atomic E-state index is 13.5. The number of hydrogen-bond donors (Lipinski definition) is 1. The maximum Gasteiger partial charge on any atom is 0.237 e. The molecule has 2 aliphatic carbocycles. The van der Waals surface area contributed by atoms with Crippen molar-refractivity contribution < 1.29 is 9.63 Å². The van der Waals surface area contributed by atoms with Gasteiger partial charge in [0.25, 0.3) is 0 Å². The number of carbonyl (C=O) groups excluding carboxylic acids is 1. The number of amides is 1. The summed E-state index contributed by atoms with van der Waals surface area (Å²) in [6.45, 7) is 17.5. The number of benzene rings is 1. The van der Waals surface area contributed by atoms with E-state index in [0.29, 0.717) is 18.3 Å². The van der Waals surface area contributed by atoms with Crippen molar-refractivity contribution in [3.8, 4) is 6.07 Å². The zero-order chi connectivity index (χ0) is 30.9. The summed E-state index contributed by atoms with van der Waals surface area (Å²) < 4.78 is 0. The Labute approximate surface area is 253 Å². The van der Waals surface area contributed by atoms with Crippen LogP contribution in [0.5, 0.6) is 0 Å². The van der Waals surface area contributed by atoms with Crippen molar-refractivity contribution in [3.05, 3.63) is 57.7 Å². The molecule has 1 heterocycles. The van der Waals surface area contributed by atoms with Crippen LogP contribution in [0.2, 0.25) is 0 Å². The van der Waals surface area contributed by atoms with E-state index in [1.807, 2.05) is 17.0 Å². The van der Waals surface area contributed by atoms with Crippen LogP contribution in [-0.2, 0) is 21.5 Å². The average molecular weight is 574 g/mol. The van der Waals surface area contributed by atoms with Crippen LogP contribution in [0.4, 0.5) is 0 Å². The van der Waals surface area contributed by atoms with Gasteiger partial charge in [0.05, 0.1) is 31.2 Å². The summed E-state index contributed by atoms with van der Waals surface area (Å²) in [6, 6.07) is 9.14. The van der Waals surface area contributed by atoms with E-state index in [1.54, 1.807) is 7.11 Å². The van der Waals surface area contributed by atoms with Crippen LogP contribution in [0, 0.1) is 30.1 Å². The van der Waals surface area contributed by atoms with Crippen molar-refractivity contribution in [2.24, 2.45) is 16.8 Å². The van der Waals surface area contributed by atoms with Crippen LogP contribution in [0.25, 0.3) is 0 Å². The minimum absolute atomic E-state index is 0.0257. The lowest BCUT2D eigenvalue weighted by Gasteiger charge is -2.44. The van der Waals surface area contributed by atoms with Gasteiger partial charge >= 0.3 is 0 Å². The molecule has 228 valence electrons. The smallest absolute Gasteiger partial charge is 0.237 e. The lowest BCUT2D eigenvalue weighted by Crippen LogP contribution is -2.53. The third kappa shape index (κ3) is 5.81. The molecule has 3 aliphatic rings. The normalized spacial score (nSPS) is 27.7. The van der Waals surface area contributed by atoms with E-state index in [1.165, 1.54) is 33.4 Å². The molecule has 7 nitrogen and oxygen atoms in total. The Kier molecular flexibility index (Phi) is 9.69. The van der Waals surface area contributed by atoms with Gasteiger partial charge in [0.15, 0.2) is 0 Å². The first-order valence-corrected chi connectivity index (χ1v) is 15.6. The molecule has 0 spiro atoms. The molecule has 1 aromatic carbocycles. The highest BCUT2D eigenvalue weighted by atomic mass is 16.7. The zero-order valence-electron chi connectivity index (χ0n) is 27.4. The number of allylic oxidation sites excluding steroid dienone is 3. The number of piperidine rings is 1. The second-order valence-electron chi connectivity index (χ2n) is 13.3. The molecule has 1 aromatic rings. The van der Waals surface area contributed by atoms with Crippen molar-refractivity contribution >= 4 is 11.7 Å². The predicted octanol–water partition coefficient (Wildman–Crippen LogP) is 5.89. The number of hydroxylamine groups is 2. The van der Waals surface area contributed by atoms with Crippen LogP contribution in [0.1, 0.15) is 84.4 Å². The van der Waals surface area contributed by atoms with Crippen molar-refractivity contribution in [3.63, 3.8) is 0 Å².